The molecule has 2 rings (SSSR count). The highest BCUT2D eigenvalue weighted by molar-refractivity contribution is 8.87. The van der Waals surface area contributed by atoms with Gasteiger partial charge < -0.3 is 10.2 Å². The molecule has 0 amide bonds. The lowest BCUT2D eigenvalue weighted by Gasteiger charge is -2.09. The maximum absolute atomic E-state index is 9.28. The summed E-state index contributed by atoms with van der Waals surface area (Å²) in [6, 6.07) is 4.90. The van der Waals surface area contributed by atoms with Gasteiger partial charge in [0.2, 0.25) is 0 Å². The van der Waals surface area contributed by atoms with Gasteiger partial charge in [-0.25, -0.2) is 0 Å². The summed E-state index contributed by atoms with van der Waals surface area (Å²) in [6.07, 6.45) is 4.05. The first-order chi connectivity index (χ1) is 6.75. The van der Waals surface area contributed by atoms with Crippen LogP contribution in [0.25, 0.3) is 0 Å². The van der Waals surface area contributed by atoms with Gasteiger partial charge in [-0.15, -0.1) is 0 Å². The van der Waals surface area contributed by atoms with Crippen molar-refractivity contribution in [2.45, 2.75) is 4.90 Å². The van der Waals surface area contributed by atoms with Crippen LogP contribution in [0.15, 0.2) is 46.1 Å². The Balaban J connectivity index is 2.13. The lowest BCUT2D eigenvalue weighted by Crippen LogP contribution is -1.71. The van der Waals surface area contributed by atoms with Crippen molar-refractivity contribution in [2.75, 3.05) is 0 Å². The van der Waals surface area contributed by atoms with Crippen LogP contribution in [0.5, 0.6) is 11.5 Å². The van der Waals surface area contributed by atoms with Gasteiger partial charge in [0.05, 0.1) is 0 Å². The Hall–Kier alpha value is -1.00. The van der Waals surface area contributed by atoms with Gasteiger partial charge in [-0.05, 0) is 29.0 Å². The molecule has 0 atom stereocenters. The molecule has 2 N–H and O–H groups in total. The molecule has 0 saturated heterocycles. The first-order valence-corrected chi connectivity index (χ1v) is 6.99. The second-order valence-electron chi connectivity index (χ2n) is 2.78. The number of rotatable bonds is 2. The van der Waals surface area contributed by atoms with Gasteiger partial charge in [0.25, 0.3) is 0 Å². The zero-order chi connectivity index (χ0) is 9.97. The zero-order valence-corrected chi connectivity index (χ0v) is 9.00. The van der Waals surface area contributed by atoms with Gasteiger partial charge >= 0.3 is 0 Å². The van der Waals surface area contributed by atoms with Crippen LogP contribution in [0.1, 0.15) is 0 Å². The monoisotopic (exact) mass is 226 g/mol. The highest BCUT2D eigenvalue weighted by atomic mass is 33.1. The van der Waals surface area contributed by atoms with Crippen molar-refractivity contribution in [3.05, 3.63) is 41.2 Å². The average molecular weight is 226 g/mol. The Morgan fingerprint density at radius 3 is 2.36 bits per heavy atom. The number of aromatic hydroxyl groups is 2. The minimum Gasteiger partial charge on any atom is -0.504 e. The summed E-state index contributed by atoms with van der Waals surface area (Å²) in [7, 11) is 1.41. The van der Waals surface area contributed by atoms with Crippen molar-refractivity contribution in [3.63, 3.8) is 0 Å². The summed E-state index contributed by atoms with van der Waals surface area (Å²) in [5.41, 5.74) is 0. The van der Waals surface area contributed by atoms with Gasteiger partial charge in [-0.1, -0.05) is 22.9 Å². The fraction of sp³-hybridized carbons (Fsp3) is 0. The van der Waals surface area contributed by atoms with E-state index in [2.05, 4.69) is 10.8 Å². The number of phenolic OH excluding ortho intramolecular Hbond substituents is 2. The molecule has 0 saturated carbocycles. The van der Waals surface area contributed by atoms with Crippen molar-refractivity contribution < 1.29 is 10.2 Å². The lowest BCUT2D eigenvalue weighted by molar-refractivity contribution is 0.402. The molecule has 14 heavy (non-hydrogen) atoms. The van der Waals surface area contributed by atoms with Crippen LogP contribution in [0.4, 0.5) is 0 Å². The Kier molecular flexibility index (Phi) is 2.74. The van der Waals surface area contributed by atoms with E-state index >= 15 is 0 Å². The van der Waals surface area contributed by atoms with Crippen molar-refractivity contribution in [2.24, 2.45) is 0 Å². The van der Waals surface area contributed by atoms with Crippen LogP contribution in [0.3, 0.4) is 0 Å². The zero-order valence-electron chi connectivity index (χ0n) is 7.29. The number of hydrogen-bond acceptors (Lipinski definition) is 3. The van der Waals surface area contributed by atoms with E-state index < -0.39 is 0 Å². The molecule has 0 bridgehead atoms. The topological polar surface area (TPSA) is 40.5 Å². The first-order valence-electron chi connectivity index (χ1n) is 4.09. The first kappa shape index (κ1) is 9.55. The number of phenols is 2. The minimum atomic E-state index is -0.281. The van der Waals surface area contributed by atoms with E-state index in [0.717, 1.165) is 4.90 Å². The van der Waals surface area contributed by atoms with Crippen molar-refractivity contribution in [1.82, 2.24) is 0 Å². The molecular formula is C10H10O2S2. The van der Waals surface area contributed by atoms with E-state index in [9.17, 15) is 5.11 Å². The van der Waals surface area contributed by atoms with Crippen LogP contribution in [-0.4, -0.2) is 10.2 Å². The summed E-state index contributed by atoms with van der Waals surface area (Å²) in [4.78, 5) is 0.975. The number of allylic oxidation sites excluding steroid dienone is 2. The Morgan fingerprint density at radius 1 is 1.00 bits per heavy atom. The summed E-state index contributed by atoms with van der Waals surface area (Å²) in [5.74, 6) is -0.128. The molecule has 0 spiro atoms. The summed E-state index contributed by atoms with van der Waals surface area (Å²) < 4.78 is 0. The molecule has 1 aliphatic rings. The van der Waals surface area contributed by atoms with E-state index in [4.69, 9.17) is 5.11 Å². The molecule has 1 aromatic rings. The van der Waals surface area contributed by atoms with E-state index in [1.165, 1.54) is 6.07 Å². The standard InChI is InChI=1S/C10H10O2S2/c11-9-4-3-8(7-10(9)12)13-14-5-1-2-6-14/h1-7,11-12,14H. The normalized spacial score (nSPS) is 16.4. The van der Waals surface area contributed by atoms with Crippen LogP contribution >= 0.6 is 20.7 Å². The second kappa shape index (κ2) is 4.02. The Morgan fingerprint density at radius 2 is 1.71 bits per heavy atom. The summed E-state index contributed by atoms with van der Waals surface area (Å²) in [6.45, 7) is 0. The van der Waals surface area contributed by atoms with Gasteiger partial charge in [-0.3, -0.25) is 0 Å². The third kappa shape index (κ3) is 2.08. The lowest BCUT2D eigenvalue weighted by atomic mass is 10.3. The van der Waals surface area contributed by atoms with Gasteiger partial charge in [0.1, 0.15) is 0 Å². The predicted molar refractivity (Wildman–Crippen MR) is 62.9 cm³/mol. The summed E-state index contributed by atoms with van der Waals surface area (Å²) >= 11 is 0. The van der Waals surface area contributed by atoms with E-state index in [0.29, 0.717) is 0 Å². The minimum absolute atomic E-state index is 0.0582. The summed E-state index contributed by atoms with van der Waals surface area (Å²) in [5, 5.41) is 22.7. The van der Waals surface area contributed by atoms with Crippen molar-refractivity contribution in [1.29, 1.82) is 0 Å². The van der Waals surface area contributed by atoms with E-state index in [1.807, 2.05) is 18.2 Å². The molecule has 1 aliphatic heterocycles. The maximum Gasteiger partial charge on any atom is 0.158 e. The smallest absolute Gasteiger partial charge is 0.158 e. The quantitative estimate of drug-likeness (QED) is 0.412. The van der Waals surface area contributed by atoms with Crippen molar-refractivity contribution >= 4 is 20.7 Å². The fourth-order valence-electron chi connectivity index (χ4n) is 1.06. The number of thiol groups is 1. The third-order valence-electron chi connectivity index (χ3n) is 1.73. The highest BCUT2D eigenvalue weighted by Crippen LogP contribution is 2.50. The maximum atomic E-state index is 9.28. The Bertz CT molecular complexity index is 387. The van der Waals surface area contributed by atoms with Gasteiger partial charge in [0.15, 0.2) is 11.5 Å². The average Bonchev–Trinajstić information content (AvgIpc) is 2.64. The molecule has 74 valence electrons. The van der Waals surface area contributed by atoms with Gasteiger partial charge in [0, 0.05) is 4.90 Å². The van der Waals surface area contributed by atoms with Crippen LogP contribution < -0.4 is 0 Å². The molecule has 0 fully saturated rings. The molecule has 0 radical (unpaired) electrons. The van der Waals surface area contributed by atoms with Crippen LogP contribution in [-0.2, 0) is 0 Å². The number of benzene rings is 1. The van der Waals surface area contributed by atoms with Gasteiger partial charge in [-0.2, -0.15) is 9.93 Å². The molecular weight excluding hydrogens is 216 g/mol. The predicted octanol–water partition coefficient (Wildman–Crippen LogP) is 3.15. The van der Waals surface area contributed by atoms with Crippen molar-refractivity contribution in [3.8, 4) is 11.5 Å². The molecule has 0 unspecified atom stereocenters. The molecule has 2 nitrogen and oxygen atoms in total. The van der Waals surface area contributed by atoms with E-state index in [1.54, 1.807) is 16.9 Å². The molecule has 0 aliphatic carbocycles. The molecule has 1 aromatic carbocycles. The molecule has 0 aromatic heterocycles. The second-order valence-corrected chi connectivity index (χ2v) is 6.57. The molecule has 4 heteroatoms. The molecule has 1 heterocycles. The van der Waals surface area contributed by atoms with Crippen LogP contribution in [0.2, 0.25) is 0 Å². The third-order valence-corrected chi connectivity index (χ3v) is 5.34. The van der Waals surface area contributed by atoms with Crippen LogP contribution in [0, 0.1) is 0 Å². The Labute approximate surface area is 88.7 Å². The largest absolute Gasteiger partial charge is 0.504 e. The number of hydrogen-bond donors (Lipinski definition) is 3. The SMILES string of the molecule is Oc1ccc(S[SH]2C=CC=C2)cc1O. The van der Waals surface area contributed by atoms with E-state index in [-0.39, 0.29) is 21.4 Å². The fourth-order valence-corrected chi connectivity index (χ4v) is 4.21. The highest BCUT2D eigenvalue weighted by Gasteiger charge is 2.05.